The summed E-state index contributed by atoms with van der Waals surface area (Å²) in [5, 5.41) is 0.340. The van der Waals surface area contributed by atoms with E-state index in [-0.39, 0.29) is 0 Å². The molecule has 0 saturated heterocycles. The predicted octanol–water partition coefficient (Wildman–Crippen LogP) is 3.39. The van der Waals surface area contributed by atoms with E-state index in [1.165, 1.54) is 18.3 Å². The molecule has 1 unspecified atom stereocenters. The lowest BCUT2D eigenvalue weighted by Crippen LogP contribution is -2.39. The van der Waals surface area contributed by atoms with Crippen molar-refractivity contribution in [2.24, 2.45) is 5.73 Å². The number of thiophene rings is 1. The summed E-state index contributed by atoms with van der Waals surface area (Å²) < 4.78 is 26.3. The summed E-state index contributed by atoms with van der Waals surface area (Å²) in [7, 11) is 0. The molecule has 0 bridgehead atoms. The maximum absolute atomic E-state index is 12.7. The molecule has 0 aliphatic rings. The number of hydrogen-bond donors (Lipinski definition) is 1. The van der Waals surface area contributed by atoms with Crippen molar-refractivity contribution < 1.29 is 8.78 Å². The number of fused-ring (bicyclic) bond motifs is 1. The molecule has 2 aromatic heterocycles. The zero-order valence-electron chi connectivity index (χ0n) is 8.38. The van der Waals surface area contributed by atoms with Gasteiger partial charge in [-0.25, -0.2) is 13.8 Å². The standard InChI is InChI=1S/C10H9ClF2N2S/c1-10(14,9(12)13)7-4-5-6(16-7)2-3-8(11)15-5/h2-4,9H,14H2,1H3. The maximum atomic E-state index is 12.7. The molecule has 2 nitrogen and oxygen atoms in total. The van der Waals surface area contributed by atoms with Gasteiger partial charge in [-0.2, -0.15) is 0 Å². The van der Waals surface area contributed by atoms with Crippen LogP contribution in [-0.2, 0) is 5.54 Å². The molecule has 2 aromatic rings. The van der Waals surface area contributed by atoms with Crippen LogP contribution in [0.15, 0.2) is 18.2 Å². The fourth-order valence-corrected chi connectivity index (χ4v) is 2.49. The van der Waals surface area contributed by atoms with Crippen molar-refractivity contribution in [2.75, 3.05) is 0 Å². The van der Waals surface area contributed by atoms with Gasteiger partial charge in [0, 0.05) is 4.88 Å². The minimum absolute atomic E-state index is 0.340. The van der Waals surface area contributed by atoms with Crippen molar-refractivity contribution in [3.8, 4) is 0 Å². The predicted molar refractivity (Wildman–Crippen MR) is 62.2 cm³/mol. The number of hydrogen-bond acceptors (Lipinski definition) is 3. The van der Waals surface area contributed by atoms with Crippen molar-refractivity contribution in [3.63, 3.8) is 0 Å². The summed E-state index contributed by atoms with van der Waals surface area (Å²) in [5.74, 6) is 0. The first kappa shape index (κ1) is 11.7. The smallest absolute Gasteiger partial charge is 0.260 e. The number of rotatable bonds is 2. The van der Waals surface area contributed by atoms with Crippen LogP contribution >= 0.6 is 22.9 Å². The first-order chi connectivity index (χ1) is 7.41. The number of nitrogens with zero attached hydrogens (tertiary/aromatic N) is 1. The topological polar surface area (TPSA) is 38.9 Å². The van der Waals surface area contributed by atoms with Gasteiger partial charge in [0.15, 0.2) is 0 Å². The average Bonchev–Trinajstić information content (AvgIpc) is 2.60. The second kappa shape index (κ2) is 3.91. The molecule has 0 amide bonds. The van der Waals surface area contributed by atoms with E-state index in [2.05, 4.69) is 4.98 Å². The van der Waals surface area contributed by atoms with Crippen molar-refractivity contribution in [2.45, 2.75) is 18.9 Å². The molecule has 1 atom stereocenters. The highest BCUT2D eigenvalue weighted by Gasteiger charge is 2.34. The molecule has 2 rings (SSSR count). The first-order valence-corrected chi connectivity index (χ1v) is 5.74. The SMILES string of the molecule is CC(N)(c1cc2nc(Cl)ccc2s1)C(F)F. The van der Waals surface area contributed by atoms with Crippen molar-refractivity contribution >= 4 is 33.2 Å². The molecule has 16 heavy (non-hydrogen) atoms. The summed E-state index contributed by atoms with van der Waals surface area (Å²) in [4.78, 5) is 4.45. The second-order valence-corrected chi connectivity index (χ2v) is 5.18. The Morgan fingerprint density at radius 3 is 2.81 bits per heavy atom. The quantitative estimate of drug-likeness (QED) is 0.843. The van der Waals surface area contributed by atoms with E-state index in [4.69, 9.17) is 17.3 Å². The van der Waals surface area contributed by atoms with Gasteiger partial charge in [0.1, 0.15) is 10.7 Å². The van der Waals surface area contributed by atoms with Crippen LogP contribution < -0.4 is 5.73 Å². The molecule has 0 aliphatic carbocycles. The lowest BCUT2D eigenvalue weighted by atomic mass is 10.0. The van der Waals surface area contributed by atoms with Crippen LogP contribution in [0.2, 0.25) is 5.15 Å². The summed E-state index contributed by atoms with van der Waals surface area (Å²) >= 11 is 6.93. The van der Waals surface area contributed by atoms with E-state index in [0.717, 1.165) is 4.70 Å². The molecule has 0 spiro atoms. The molecular formula is C10H9ClF2N2S. The zero-order valence-corrected chi connectivity index (χ0v) is 9.95. The van der Waals surface area contributed by atoms with Gasteiger partial charge in [-0.15, -0.1) is 11.3 Å². The highest BCUT2D eigenvalue weighted by molar-refractivity contribution is 7.19. The third-order valence-corrected chi connectivity index (χ3v) is 3.88. The van der Waals surface area contributed by atoms with E-state index in [1.807, 2.05) is 0 Å². The van der Waals surface area contributed by atoms with Gasteiger partial charge >= 0.3 is 0 Å². The molecule has 0 aromatic carbocycles. The summed E-state index contributed by atoms with van der Waals surface area (Å²) in [5.41, 5.74) is 4.54. The van der Waals surface area contributed by atoms with E-state index in [0.29, 0.717) is 15.5 Å². The van der Waals surface area contributed by atoms with Crippen LogP contribution in [0.4, 0.5) is 8.78 Å². The van der Waals surface area contributed by atoms with Gasteiger partial charge in [-0.1, -0.05) is 11.6 Å². The molecule has 2 N–H and O–H groups in total. The third-order valence-electron chi connectivity index (χ3n) is 2.32. The molecule has 6 heteroatoms. The molecule has 2 heterocycles. The Morgan fingerprint density at radius 2 is 2.19 bits per heavy atom. The van der Waals surface area contributed by atoms with Gasteiger partial charge in [-0.3, -0.25) is 0 Å². The van der Waals surface area contributed by atoms with Gasteiger partial charge in [0.05, 0.1) is 10.2 Å². The molecule has 0 radical (unpaired) electrons. The van der Waals surface area contributed by atoms with Gasteiger partial charge in [0.25, 0.3) is 6.43 Å². The van der Waals surface area contributed by atoms with Crippen LogP contribution in [-0.4, -0.2) is 11.4 Å². The van der Waals surface area contributed by atoms with E-state index >= 15 is 0 Å². The van der Waals surface area contributed by atoms with Crippen LogP contribution in [0, 0.1) is 0 Å². The van der Waals surface area contributed by atoms with Crippen LogP contribution in [0.1, 0.15) is 11.8 Å². The summed E-state index contributed by atoms with van der Waals surface area (Å²) in [6.07, 6.45) is -2.61. The Kier molecular flexibility index (Phi) is 2.86. The number of halogens is 3. The maximum Gasteiger partial charge on any atom is 0.260 e. The number of aromatic nitrogens is 1. The highest BCUT2D eigenvalue weighted by Crippen LogP contribution is 2.34. The Morgan fingerprint density at radius 1 is 1.50 bits per heavy atom. The third kappa shape index (κ3) is 1.90. The Hall–Kier alpha value is -0.780. The Bertz CT molecular complexity index is 525. The first-order valence-electron chi connectivity index (χ1n) is 4.55. The van der Waals surface area contributed by atoms with Crippen LogP contribution in [0.25, 0.3) is 10.2 Å². The van der Waals surface area contributed by atoms with Crippen LogP contribution in [0.5, 0.6) is 0 Å². The fraction of sp³-hybridized carbons (Fsp3) is 0.300. The molecule has 0 fully saturated rings. The van der Waals surface area contributed by atoms with Crippen LogP contribution in [0.3, 0.4) is 0 Å². The minimum Gasteiger partial charge on any atom is -0.316 e. The molecule has 86 valence electrons. The zero-order chi connectivity index (χ0) is 11.9. The molecule has 0 saturated carbocycles. The minimum atomic E-state index is -2.61. The largest absolute Gasteiger partial charge is 0.316 e. The van der Waals surface area contributed by atoms with Gasteiger partial charge in [0.2, 0.25) is 0 Å². The Labute approximate surface area is 100 Å². The summed E-state index contributed by atoms with van der Waals surface area (Å²) in [6.45, 7) is 1.31. The van der Waals surface area contributed by atoms with Crippen molar-refractivity contribution in [1.29, 1.82) is 0 Å². The highest BCUT2D eigenvalue weighted by atomic mass is 35.5. The summed E-state index contributed by atoms with van der Waals surface area (Å²) in [6, 6.07) is 4.94. The molecule has 0 aliphatic heterocycles. The number of pyridine rings is 1. The second-order valence-electron chi connectivity index (χ2n) is 3.71. The number of alkyl halides is 2. The number of nitrogens with two attached hydrogens (primary N) is 1. The van der Waals surface area contributed by atoms with Crippen molar-refractivity contribution in [3.05, 3.63) is 28.2 Å². The van der Waals surface area contributed by atoms with Gasteiger partial charge < -0.3 is 5.73 Å². The lowest BCUT2D eigenvalue weighted by Gasteiger charge is -2.21. The normalized spacial score (nSPS) is 15.6. The van der Waals surface area contributed by atoms with Crippen molar-refractivity contribution in [1.82, 2.24) is 4.98 Å². The fourth-order valence-electron chi connectivity index (χ4n) is 1.27. The Balaban J connectivity index is 2.55. The monoisotopic (exact) mass is 262 g/mol. The van der Waals surface area contributed by atoms with Gasteiger partial charge in [-0.05, 0) is 25.1 Å². The molecular weight excluding hydrogens is 254 g/mol. The van der Waals surface area contributed by atoms with E-state index in [9.17, 15) is 8.78 Å². The van der Waals surface area contributed by atoms with E-state index in [1.54, 1.807) is 18.2 Å². The lowest BCUT2D eigenvalue weighted by molar-refractivity contribution is 0.0645. The average molecular weight is 263 g/mol. The van der Waals surface area contributed by atoms with E-state index < -0.39 is 12.0 Å².